The third-order valence-electron chi connectivity index (χ3n) is 4.54. The van der Waals surface area contributed by atoms with E-state index in [1.165, 1.54) is 0 Å². The Bertz CT molecular complexity index is 594. The lowest BCUT2D eigenvalue weighted by Crippen LogP contribution is -2.51. The van der Waals surface area contributed by atoms with Crippen molar-refractivity contribution in [3.8, 4) is 5.75 Å². The van der Waals surface area contributed by atoms with Gasteiger partial charge in [0.15, 0.2) is 0 Å². The molecule has 2 unspecified atom stereocenters. The summed E-state index contributed by atoms with van der Waals surface area (Å²) in [6.45, 7) is 3.54. The predicted molar refractivity (Wildman–Crippen MR) is 104 cm³/mol. The summed E-state index contributed by atoms with van der Waals surface area (Å²) in [6, 6.07) is 7.80. The Morgan fingerprint density at radius 3 is 2.73 bits per heavy atom. The number of carbonyl (C=O) groups excluding carboxylic acids is 2. The van der Waals surface area contributed by atoms with E-state index in [0.717, 1.165) is 36.5 Å². The van der Waals surface area contributed by atoms with Crippen molar-refractivity contribution in [2.75, 3.05) is 26.7 Å². The van der Waals surface area contributed by atoms with Crippen LogP contribution in [0.5, 0.6) is 5.75 Å². The van der Waals surface area contributed by atoms with Crippen molar-refractivity contribution in [1.29, 1.82) is 0 Å². The van der Waals surface area contributed by atoms with Crippen LogP contribution in [0.1, 0.15) is 32.6 Å². The molecule has 3 N–H and O–H groups in total. The number of nitrogens with two attached hydrogens (primary N) is 1. The van der Waals surface area contributed by atoms with Crippen molar-refractivity contribution in [3.05, 3.63) is 24.3 Å². The van der Waals surface area contributed by atoms with Gasteiger partial charge in [-0.25, -0.2) is 0 Å². The van der Waals surface area contributed by atoms with Gasteiger partial charge in [0.2, 0.25) is 11.8 Å². The number of carbonyl (C=O) groups is 2. The second-order valence-corrected chi connectivity index (χ2v) is 7.87. The number of likely N-dealkylation sites (tertiary alicyclic amines) is 1. The number of benzene rings is 1. The van der Waals surface area contributed by atoms with Crippen molar-refractivity contribution in [1.82, 2.24) is 10.2 Å². The molecule has 26 heavy (non-hydrogen) atoms. The highest BCUT2D eigenvalue weighted by molar-refractivity contribution is 8.00. The lowest BCUT2D eigenvalue weighted by Gasteiger charge is -2.37. The molecule has 144 valence electrons. The normalized spacial score (nSPS) is 18.3. The molecule has 0 saturated carbocycles. The summed E-state index contributed by atoms with van der Waals surface area (Å²) in [6.07, 6.45) is 3.35. The molecule has 2 amide bonds. The van der Waals surface area contributed by atoms with Gasteiger partial charge in [-0.3, -0.25) is 9.59 Å². The number of hydrogen-bond donors (Lipinski definition) is 2. The van der Waals surface area contributed by atoms with Gasteiger partial charge in [0.05, 0.1) is 12.4 Å². The zero-order valence-corrected chi connectivity index (χ0v) is 16.4. The summed E-state index contributed by atoms with van der Waals surface area (Å²) in [5.74, 6) is 0.882. The molecule has 1 fully saturated rings. The van der Waals surface area contributed by atoms with Crippen LogP contribution in [0.4, 0.5) is 0 Å². The number of amides is 2. The highest BCUT2D eigenvalue weighted by atomic mass is 32.2. The van der Waals surface area contributed by atoms with Crippen LogP contribution >= 0.6 is 11.8 Å². The van der Waals surface area contributed by atoms with E-state index in [1.54, 1.807) is 18.9 Å². The first kappa shape index (κ1) is 20.6. The molecule has 2 atom stereocenters. The van der Waals surface area contributed by atoms with Crippen LogP contribution in [0.3, 0.4) is 0 Å². The van der Waals surface area contributed by atoms with E-state index in [1.807, 2.05) is 36.1 Å². The molecule has 0 bridgehead atoms. The van der Waals surface area contributed by atoms with Gasteiger partial charge in [-0.2, -0.15) is 0 Å². The second kappa shape index (κ2) is 10.4. The Kier molecular flexibility index (Phi) is 8.25. The number of nitrogens with one attached hydrogen (secondary N) is 1. The van der Waals surface area contributed by atoms with Crippen molar-refractivity contribution < 1.29 is 14.3 Å². The molecule has 1 heterocycles. The molecule has 0 aliphatic carbocycles. The summed E-state index contributed by atoms with van der Waals surface area (Å²) in [5, 5.41) is 2.73. The standard InChI is InChI=1S/C19H29N3O3S/c1-14(26-17-8-6-16(25-2)7-9-17)19(24)22-12-4-3-5-15(22)13-21-18(23)10-11-20/h6-9,14-15H,3-5,10-13,20H2,1-2H3,(H,21,23). The number of nitrogens with zero attached hydrogens (tertiary/aromatic N) is 1. The van der Waals surface area contributed by atoms with Crippen LogP contribution in [0, 0.1) is 0 Å². The van der Waals surface area contributed by atoms with Crippen molar-refractivity contribution >= 4 is 23.6 Å². The van der Waals surface area contributed by atoms with Crippen LogP contribution in [-0.2, 0) is 9.59 Å². The van der Waals surface area contributed by atoms with Gasteiger partial charge in [-0.05, 0) is 50.5 Å². The van der Waals surface area contributed by atoms with E-state index in [-0.39, 0.29) is 23.1 Å². The zero-order valence-electron chi connectivity index (χ0n) is 15.6. The van der Waals surface area contributed by atoms with E-state index in [2.05, 4.69) is 5.32 Å². The second-order valence-electron chi connectivity index (χ2n) is 6.46. The molecule has 7 heteroatoms. The van der Waals surface area contributed by atoms with Gasteiger partial charge in [-0.15, -0.1) is 11.8 Å². The third-order valence-corrected chi connectivity index (χ3v) is 5.64. The Morgan fingerprint density at radius 2 is 2.08 bits per heavy atom. The maximum Gasteiger partial charge on any atom is 0.236 e. The van der Waals surface area contributed by atoms with Gasteiger partial charge >= 0.3 is 0 Å². The van der Waals surface area contributed by atoms with Crippen LogP contribution in [0.15, 0.2) is 29.2 Å². The van der Waals surface area contributed by atoms with Crippen molar-refractivity contribution in [2.24, 2.45) is 5.73 Å². The molecule has 1 aliphatic rings. The minimum atomic E-state index is -0.177. The molecular formula is C19H29N3O3S. The highest BCUT2D eigenvalue weighted by Gasteiger charge is 2.30. The lowest BCUT2D eigenvalue weighted by atomic mass is 10.0. The van der Waals surface area contributed by atoms with E-state index < -0.39 is 0 Å². The smallest absolute Gasteiger partial charge is 0.236 e. The number of methoxy groups -OCH3 is 1. The SMILES string of the molecule is COc1ccc(SC(C)C(=O)N2CCCCC2CNC(=O)CCN)cc1. The van der Waals surface area contributed by atoms with Gasteiger partial charge in [0.25, 0.3) is 0 Å². The number of thioether (sulfide) groups is 1. The fraction of sp³-hybridized carbons (Fsp3) is 0.579. The quantitative estimate of drug-likeness (QED) is 0.675. The average Bonchev–Trinajstić information content (AvgIpc) is 2.67. The van der Waals surface area contributed by atoms with Crippen LogP contribution in [0.2, 0.25) is 0 Å². The molecular weight excluding hydrogens is 350 g/mol. The average molecular weight is 380 g/mol. The molecule has 1 aromatic rings. The maximum absolute atomic E-state index is 13.0. The predicted octanol–water partition coefficient (Wildman–Crippen LogP) is 2.02. The molecule has 1 aliphatic heterocycles. The summed E-state index contributed by atoms with van der Waals surface area (Å²) < 4.78 is 5.17. The number of rotatable bonds is 8. The molecule has 0 aromatic heterocycles. The molecule has 6 nitrogen and oxygen atoms in total. The Balaban J connectivity index is 1.93. The zero-order chi connectivity index (χ0) is 18.9. The summed E-state index contributed by atoms with van der Waals surface area (Å²) >= 11 is 1.55. The summed E-state index contributed by atoms with van der Waals surface area (Å²) in [4.78, 5) is 27.6. The summed E-state index contributed by atoms with van der Waals surface area (Å²) in [7, 11) is 1.64. The molecule has 0 radical (unpaired) electrons. The first-order chi connectivity index (χ1) is 12.5. The Labute approximate surface area is 159 Å². The number of hydrogen-bond acceptors (Lipinski definition) is 5. The number of ether oxygens (including phenoxy) is 1. The van der Waals surface area contributed by atoms with Gasteiger partial charge in [-0.1, -0.05) is 0 Å². The Hall–Kier alpha value is -1.73. The van der Waals surface area contributed by atoms with E-state index in [4.69, 9.17) is 10.5 Å². The topological polar surface area (TPSA) is 84.7 Å². The van der Waals surface area contributed by atoms with Crippen molar-refractivity contribution in [2.45, 2.75) is 48.8 Å². The maximum atomic E-state index is 13.0. The number of piperidine rings is 1. The minimum absolute atomic E-state index is 0.0499. The summed E-state index contributed by atoms with van der Waals surface area (Å²) in [5.41, 5.74) is 5.41. The van der Waals surface area contributed by atoms with E-state index in [9.17, 15) is 9.59 Å². The molecule has 1 aromatic carbocycles. The van der Waals surface area contributed by atoms with Crippen molar-refractivity contribution in [3.63, 3.8) is 0 Å². The van der Waals surface area contributed by atoms with Crippen LogP contribution in [-0.4, -0.2) is 54.8 Å². The first-order valence-corrected chi connectivity index (χ1v) is 10.0. The van der Waals surface area contributed by atoms with Crippen LogP contribution in [0.25, 0.3) is 0 Å². The largest absolute Gasteiger partial charge is 0.497 e. The third kappa shape index (κ3) is 5.92. The highest BCUT2D eigenvalue weighted by Crippen LogP contribution is 2.28. The monoisotopic (exact) mass is 379 g/mol. The van der Waals surface area contributed by atoms with Crippen LogP contribution < -0.4 is 15.8 Å². The first-order valence-electron chi connectivity index (χ1n) is 9.13. The van der Waals surface area contributed by atoms with Gasteiger partial charge < -0.3 is 20.7 Å². The molecule has 2 rings (SSSR count). The van der Waals surface area contributed by atoms with Gasteiger partial charge in [0, 0.05) is 37.0 Å². The van der Waals surface area contributed by atoms with E-state index in [0.29, 0.717) is 19.5 Å². The molecule has 0 spiro atoms. The van der Waals surface area contributed by atoms with E-state index >= 15 is 0 Å². The Morgan fingerprint density at radius 1 is 1.35 bits per heavy atom. The van der Waals surface area contributed by atoms with Gasteiger partial charge in [0.1, 0.15) is 5.75 Å². The molecule has 1 saturated heterocycles. The fourth-order valence-corrected chi connectivity index (χ4v) is 4.03. The minimum Gasteiger partial charge on any atom is -0.497 e. The lowest BCUT2D eigenvalue weighted by molar-refractivity contribution is -0.134. The fourth-order valence-electron chi connectivity index (χ4n) is 3.10.